The van der Waals surface area contributed by atoms with E-state index in [1.807, 2.05) is 45.2 Å². The lowest BCUT2D eigenvalue weighted by Crippen LogP contribution is -2.27. The fraction of sp³-hybridized carbons (Fsp3) is 0.318. The third-order valence-electron chi connectivity index (χ3n) is 5.00. The van der Waals surface area contributed by atoms with E-state index in [9.17, 15) is 4.79 Å². The van der Waals surface area contributed by atoms with Crippen LogP contribution >= 0.6 is 11.3 Å². The van der Waals surface area contributed by atoms with E-state index in [4.69, 9.17) is 4.42 Å². The number of imidazole rings is 1. The zero-order valence-corrected chi connectivity index (χ0v) is 17.9. The Morgan fingerprint density at radius 2 is 1.97 bits per heavy atom. The number of fused-ring (bicyclic) bond motifs is 1. The lowest BCUT2D eigenvalue weighted by molar-refractivity contribution is -0.130. The van der Waals surface area contributed by atoms with Crippen LogP contribution in [0.2, 0.25) is 0 Å². The molecule has 0 atom stereocenters. The van der Waals surface area contributed by atoms with Crippen LogP contribution in [0.3, 0.4) is 0 Å². The minimum atomic E-state index is 0.0568. The van der Waals surface area contributed by atoms with Crippen molar-refractivity contribution >= 4 is 22.2 Å². The van der Waals surface area contributed by atoms with Crippen molar-refractivity contribution in [1.82, 2.24) is 19.3 Å². The maximum absolute atomic E-state index is 12.6. The van der Waals surface area contributed by atoms with Gasteiger partial charge in [-0.1, -0.05) is 29.8 Å². The van der Waals surface area contributed by atoms with Crippen LogP contribution in [-0.2, 0) is 17.8 Å². The van der Waals surface area contributed by atoms with Gasteiger partial charge in [-0.05, 0) is 20.8 Å². The second-order valence-corrected chi connectivity index (χ2v) is 8.59. The molecule has 0 aliphatic rings. The van der Waals surface area contributed by atoms with Crippen LogP contribution < -0.4 is 0 Å². The molecule has 1 amide bonds. The average Bonchev–Trinajstić information content (AvgIpc) is 3.37. The van der Waals surface area contributed by atoms with Gasteiger partial charge in [-0.3, -0.25) is 9.20 Å². The first kappa shape index (κ1) is 19.4. The molecule has 4 rings (SSSR count). The van der Waals surface area contributed by atoms with Gasteiger partial charge in [0.05, 0.1) is 24.1 Å². The molecule has 150 valence electrons. The van der Waals surface area contributed by atoms with Crippen LogP contribution in [0.1, 0.15) is 34.1 Å². The summed E-state index contributed by atoms with van der Waals surface area (Å²) < 4.78 is 7.91. The predicted octanol–water partition coefficient (Wildman–Crippen LogP) is 4.57. The number of benzene rings is 1. The number of oxazole rings is 1. The predicted molar refractivity (Wildman–Crippen MR) is 114 cm³/mol. The molecular weight excluding hydrogens is 384 g/mol. The van der Waals surface area contributed by atoms with Crippen molar-refractivity contribution in [3.8, 4) is 11.3 Å². The number of rotatable bonds is 6. The minimum Gasteiger partial charge on any atom is -0.441 e. The third-order valence-corrected chi connectivity index (χ3v) is 5.89. The Hall–Kier alpha value is -2.93. The van der Waals surface area contributed by atoms with Gasteiger partial charge in [-0.15, -0.1) is 11.3 Å². The Kier molecular flexibility index (Phi) is 5.24. The molecule has 7 heteroatoms. The summed E-state index contributed by atoms with van der Waals surface area (Å²) in [7, 11) is 1.83. The molecule has 6 nitrogen and oxygen atoms in total. The van der Waals surface area contributed by atoms with E-state index < -0.39 is 0 Å². The largest absolute Gasteiger partial charge is 0.441 e. The molecule has 29 heavy (non-hydrogen) atoms. The van der Waals surface area contributed by atoms with Crippen LogP contribution in [0, 0.1) is 20.8 Å². The fourth-order valence-electron chi connectivity index (χ4n) is 3.29. The summed E-state index contributed by atoms with van der Waals surface area (Å²) >= 11 is 1.66. The number of thiazole rings is 1. The summed E-state index contributed by atoms with van der Waals surface area (Å²) in [5.74, 6) is 1.37. The Bertz CT molecular complexity index is 1150. The molecule has 0 unspecified atom stereocenters. The van der Waals surface area contributed by atoms with E-state index in [-0.39, 0.29) is 5.91 Å². The molecule has 3 aromatic heterocycles. The van der Waals surface area contributed by atoms with E-state index in [0.29, 0.717) is 25.3 Å². The maximum Gasteiger partial charge on any atom is 0.223 e. The highest BCUT2D eigenvalue weighted by atomic mass is 32.1. The second kappa shape index (κ2) is 7.83. The van der Waals surface area contributed by atoms with Gasteiger partial charge in [0.2, 0.25) is 5.91 Å². The van der Waals surface area contributed by atoms with Crippen molar-refractivity contribution in [2.45, 2.75) is 40.2 Å². The van der Waals surface area contributed by atoms with E-state index in [2.05, 4.69) is 27.5 Å². The molecule has 4 aromatic rings. The number of aryl methyl sites for hydroxylation is 4. The van der Waals surface area contributed by atoms with Gasteiger partial charge in [0, 0.05) is 36.5 Å². The number of hydrogen-bond donors (Lipinski definition) is 0. The minimum absolute atomic E-state index is 0.0568. The number of nitrogens with zero attached hydrogens (tertiary/aromatic N) is 4. The first-order valence-corrected chi connectivity index (χ1v) is 10.4. The smallest absolute Gasteiger partial charge is 0.223 e. The van der Waals surface area contributed by atoms with E-state index in [0.717, 1.165) is 27.7 Å². The summed E-state index contributed by atoms with van der Waals surface area (Å²) in [6, 6.07) is 8.11. The highest BCUT2D eigenvalue weighted by Gasteiger charge is 2.17. The van der Waals surface area contributed by atoms with Crippen molar-refractivity contribution in [3.63, 3.8) is 0 Å². The van der Waals surface area contributed by atoms with Gasteiger partial charge < -0.3 is 9.32 Å². The molecule has 0 fully saturated rings. The van der Waals surface area contributed by atoms with Gasteiger partial charge in [-0.25, -0.2) is 9.97 Å². The maximum atomic E-state index is 12.6. The monoisotopic (exact) mass is 408 g/mol. The van der Waals surface area contributed by atoms with Gasteiger partial charge in [0.25, 0.3) is 0 Å². The van der Waals surface area contributed by atoms with Gasteiger partial charge in [-0.2, -0.15) is 0 Å². The first-order chi connectivity index (χ1) is 13.9. The lowest BCUT2D eigenvalue weighted by Gasteiger charge is -2.17. The first-order valence-electron chi connectivity index (χ1n) is 9.60. The number of hydrogen-bond acceptors (Lipinski definition) is 5. The van der Waals surface area contributed by atoms with Crippen LogP contribution in [0.25, 0.3) is 16.3 Å². The highest BCUT2D eigenvalue weighted by molar-refractivity contribution is 7.17. The summed E-state index contributed by atoms with van der Waals surface area (Å²) in [6.07, 6.45) is 4.63. The Morgan fingerprint density at radius 3 is 2.72 bits per heavy atom. The topological polar surface area (TPSA) is 63.6 Å². The Balaban J connectivity index is 1.38. The zero-order valence-electron chi connectivity index (χ0n) is 17.1. The van der Waals surface area contributed by atoms with Crippen molar-refractivity contribution < 1.29 is 9.21 Å². The van der Waals surface area contributed by atoms with Gasteiger partial charge >= 0.3 is 0 Å². The quantitative estimate of drug-likeness (QED) is 0.469. The molecule has 0 spiro atoms. The molecular formula is C22H24N4O2S. The van der Waals surface area contributed by atoms with E-state index in [1.165, 1.54) is 10.4 Å². The molecule has 0 aliphatic carbocycles. The zero-order chi connectivity index (χ0) is 20.5. The van der Waals surface area contributed by atoms with Crippen molar-refractivity contribution in [2.24, 2.45) is 0 Å². The number of amides is 1. The number of aromatic nitrogens is 3. The van der Waals surface area contributed by atoms with Crippen molar-refractivity contribution in [1.29, 1.82) is 0 Å². The number of carbonyl (C=O) groups is 1. The van der Waals surface area contributed by atoms with Crippen LogP contribution in [0.5, 0.6) is 0 Å². The third kappa shape index (κ3) is 4.10. The lowest BCUT2D eigenvalue weighted by atomic mass is 10.1. The van der Waals surface area contributed by atoms with Crippen LogP contribution in [0.4, 0.5) is 0 Å². The molecule has 0 N–H and O–H groups in total. The highest BCUT2D eigenvalue weighted by Crippen LogP contribution is 2.23. The summed E-state index contributed by atoms with van der Waals surface area (Å²) in [4.78, 5) is 25.5. The number of carbonyl (C=O) groups excluding carboxylic acids is 1. The Morgan fingerprint density at radius 1 is 1.21 bits per heavy atom. The average molecular weight is 409 g/mol. The molecule has 0 saturated heterocycles. The fourth-order valence-corrected chi connectivity index (χ4v) is 4.18. The van der Waals surface area contributed by atoms with Gasteiger partial charge in [0.1, 0.15) is 0 Å². The van der Waals surface area contributed by atoms with Crippen LogP contribution in [-0.4, -0.2) is 32.2 Å². The van der Waals surface area contributed by atoms with Crippen molar-refractivity contribution in [2.75, 3.05) is 7.05 Å². The van der Waals surface area contributed by atoms with Crippen LogP contribution in [0.15, 0.2) is 41.1 Å². The summed E-state index contributed by atoms with van der Waals surface area (Å²) in [6.45, 7) is 6.63. The molecule has 0 aliphatic heterocycles. The molecule has 0 bridgehead atoms. The standard InChI is InChI=1S/C22H24N4O2S/c1-14-5-7-17(8-6-14)19-11-23-20(28-19)9-10-21(27)25(4)13-18-16(3)24-22-26(18)12-15(2)29-22/h5-8,11-12H,9-10,13H2,1-4H3. The van der Waals surface area contributed by atoms with Gasteiger partial charge in [0.15, 0.2) is 16.6 Å². The molecule has 0 saturated carbocycles. The normalized spacial score (nSPS) is 11.3. The molecule has 3 heterocycles. The SMILES string of the molecule is Cc1ccc(-c2cnc(CCC(=O)N(C)Cc3c(C)nc4sc(C)cn34)o2)cc1. The van der Waals surface area contributed by atoms with E-state index in [1.54, 1.807) is 22.4 Å². The second-order valence-electron chi connectivity index (χ2n) is 7.37. The van der Waals surface area contributed by atoms with Crippen molar-refractivity contribution in [3.05, 3.63) is 64.4 Å². The molecule has 0 radical (unpaired) electrons. The Labute approximate surface area is 173 Å². The summed E-state index contributed by atoms with van der Waals surface area (Å²) in [5.41, 5.74) is 4.21. The molecule has 1 aromatic carbocycles. The summed E-state index contributed by atoms with van der Waals surface area (Å²) in [5, 5.41) is 0. The van der Waals surface area contributed by atoms with E-state index >= 15 is 0 Å².